The Morgan fingerprint density at radius 3 is 2.15 bits per heavy atom. The van der Waals surface area contributed by atoms with E-state index in [1.54, 1.807) is 6.07 Å². The number of carbonyl (C=O) groups is 2. The second-order valence-electron chi connectivity index (χ2n) is 6.31. The van der Waals surface area contributed by atoms with Gasteiger partial charge in [0.25, 0.3) is 0 Å². The Kier molecular flexibility index (Phi) is 6.25. The molecule has 4 nitrogen and oxygen atoms in total. The largest absolute Gasteiger partial charge is 0.416 e. The Bertz CT molecular complexity index is 830. The van der Waals surface area contributed by atoms with Crippen molar-refractivity contribution in [2.75, 3.05) is 16.8 Å². The molecule has 144 valence electrons. The molecule has 0 fully saturated rings. The van der Waals surface area contributed by atoms with Gasteiger partial charge in [-0.25, -0.2) is 0 Å². The number of amides is 2. The zero-order valence-corrected chi connectivity index (χ0v) is 15.4. The van der Waals surface area contributed by atoms with Crippen molar-refractivity contribution in [3.8, 4) is 0 Å². The number of carbonyl (C=O) groups excluding carboxylic acids is 2. The predicted octanol–water partition coefficient (Wildman–Crippen LogP) is 4.70. The SMILES string of the molecule is CC(=O)N(CCC(=O)Nc1ccc(C)c(C)c1)c1ccc(C(F)(F)F)cc1. The Morgan fingerprint density at radius 2 is 1.63 bits per heavy atom. The molecule has 0 radical (unpaired) electrons. The van der Waals surface area contributed by atoms with Crippen LogP contribution in [-0.2, 0) is 15.8 Å². The molecule has 0 aliphatic heterocycles. The van der Waals surface area contributed by atoms with Gasteiger partial charge in [0.05, 0.1) is 5.56 Å². The molecule has 1 N–H and O–H groups in total. The van der Waals surface area contributed by atoms with Crippen molar-refractivity contribution >= 4 is 23.2 Å². The van der Waals surface area contributed by atoms with E-state index in [-0.39, 0.29) is 24.8 Å². The lowest BCUT2D eigenvalue weighted by Gasteiger charge is -2.21. The summed E-state index contributed by atoms with van der Waals surface area (Å²) in [6.45, 7) is 5.28. The zero-order valence-electron chi connectivity index (χ0n) is 15.4. The summed E-state index contributed by atoms with van der Waals surface area (Å²) >= 11 is 0. The van der Waals surface area contributed by atoms with Crippen LogP contribution in [0.4, 0.5) is 24.5 Å². The molecule has 2 aromatic carbocycles. The highest BCUT2D eigenvalue weighted by molar-refractivity contribution is 5.94. The van der Waals surface area contributed by atoms with Crippen LogP contribution in [0.15, 0.2) is 42.5 Å². The summed E-state index contributed by atoms with van der Waals surface area (Å²) in [6, 6.07) is 9.83. The molecule has 0 bridgehead atoms. The lowest BCUT2D eigenvalue weighted by molar-refractivity contribution is -0.137. The number of hydrogen-bond donors (Lipinski definition) is 1. The maximum absolute atomic E-state index is 12.7. The third-order valence-electron chi connectivity index (χ3n) is 4.24. The molecular formula is C20H21F3N2O2. The van der Waals surface area contributed by atoms with Crippen molar-refractivity contribution in [1.29, 1.82) is 0 Å². The molecule has 2 aromatic rings. The average molecular weight is 378 g/mol. The van der Waals surface area contributed by atoms with Gasteiger partial charge in [-0.3, -0.25) is 9.59 Å². The summed E-state index contributed by atoms with van der Waals surface area (Å²) in [4.78, 5) is 25.3. The van der Waals surface area contributed by atoms with Gasteiger partial charge in [-0.05, 0) is 61.4 Å². The second kappa shape index (κ2) is 8.24. The molecule has 0 atom stereocenters. The second-order valence-corrected chi connectivity index (χ2v) is 6.31. The van der Waals surface area contributed by atoms with Gasteiger partial charge >= 0.3 is 6.18 Å². The number of aryl methyl sites for hydroxylation is 2. The first kappa shape index (κ1) is 20.5. The highest BCUT2D eigenvalue weighted by atomic mass is 19.4. The van der Waals surface area contributed by atoms with E-state index in [4.69, 9.17) is 0 Å². The molecule has 0 unspecified atom stereocenters. The zero-order chi connectivity index (χ0) is 20.2. The maximum atomic E-state index is 12.7. The van der Waals surface area contributed by atoms with E-state index < -0.39 is 11.7 Å². The molecule has 0 aliphatic carbocycles. The number of benzene rings is 2. The standard InChI is InChI=1S/C20H21F3N2O2/c1-13-4-7-17(12-14(13)2)24-19(27)10-11-25(15(3)26)18-8-5-16(6-9-18)20(21,22)23/h4-9,12H,10-11H2,1-3H3,(H,24,27). The molecule has 0 aliphatic rings. The Hall–Kier alpha value is -2.83. The number of rotatable bonds is 5. The molecular weight excluding hydrogens is 357 g/mol. The Morgan fingerprint density at radius 1 is 1.00 bits per heavy atom. The molecule has 0 aromatic heterocycles. The quantitative estimate of drug-likeness (QED) is 0.820. The van der Waals surface area contributed by atoms with Crippen LogP contribution < -0.4 is 10.2 Å². The smallest absolute Gasteiger partial charge is 0.326 e. The highest BCUT2D eigenvalue weighted by Crippen LogP contribution is 2.30. The van der Waals surface area contributed by atoms with Gasteiger partial charge in [-0.1, -0.05) is 6.07 Å². The van der Waals surface area contributed by atoms with Crippen molar-refractivity contribution in [2.45, 2.75) is 33.4 Å². The highest BCUT2D eigenvalue weighted by Gasteiger charge is 2.30. The molecule has 0 spiro atoms. The van der Waals surface area contributed by atoms with Gasteiger partial charge in [0.1, 0.15) is 0 Å². The fourth-order valence-corrected chi connectivity index (χ4v) is 2.55. The van der Waals surface area contributed by atoms with Gasteiger partial charge in [-0.15, -0.1) is 0 Å². The van der Waals surface area contributed by atoms with E-state index in [0.717, 1.165) is 23.3 Å². The fraction of sp³-hybridized carbons (Fsp3) is 0.300. The number of alkyl halides is 3. The Balaban J connectivity index is 2.02. The van der Waals surface area contributed by atoms with Gasteiger partial charge in [-0.2, -0.15) is 13.2 Å². The molecule has 0 saturated heterocycles. The third kappa shape index (κ3) is 5.57. The van der Waals surface area contributed by atoms with Crippen LogP contribution in [-0.4, -0.2) is 18.4 Å². The number of anilines is 2. The van der Waals surface area contributed by atoms with E-state index in [2.05, 4.69) is 5.32 Å². The molecule has 2 rings (SSSR count). The molecule has 2 amide bonds. The normalized spacial score (nSPS) is 11.2. The molecule has 0 saturated carbocycles. The van der Waals surface area contributed by atoms with Crippen molar-refractivity contribution in [3.05, 3.63) is 59.2 Å². The lowest BCUT2D eigenvalue weighted by Crippen LogP contribution is -2.32. The maximum Gasteiger partial charge on any atom is 0.416 e. The van der Waals surface area contributed by atoms with Gasteiger partial charge < -0.3 is 10.2 Å². The average Bonchev–Trinajstić information content (AvgIpc) is 2.58. The minimum atomic E-state index is -4.44. The van der Waals surface area contributed by atoms with Crippen LogP contribution in [0, 0.1) is 13.8 Å². The summed E-state index contributed by atoms with van der Waals surface area (Å²) in [6.07, 6.45) is -4.42. The van der Waals surface area contributed by atoms with E-state index in [0.29, 0.717) is 11.4 Å². The topological polar surface area (TPSA) is 49.4 Å². The summed E-state index contributed by atoms with van der Waals surface area (Å²) in [5.74, 6) is -0.634. The van der Waals surface area contributed by atoms with Crippen molar-refractivity contribution in [1.82, 2.24) is 0 Å². The fourth-order valence-electron chi connectivity index (χ4n) is 2.55. The van der Waals surface area contributed by atoms with Crippen molar-refractivity contribution in [2.24, 2.45) is 0 Å². The summed E-state index contributed by atoms with van der Waals surface area (Å²) in [5.41, 5.74) is 2.34. The predicted molar refractivity (Wildman–Crippen MR) is 98.6 cm³/mol. The first-order valence-electron chi connectivity index (χ1n) is 8.40. The van der Waals surface area contributed by atoms with Gasteiger partial charge in [0.2, 0.25) is 11.8 Å². The van der Waals surface area contributed by atoms with Crippen LogP contribution in [0.5, 0.6) is 0 Å². The summed E-state index contributed by atoms with van der Waals surface area (Å²) in [5, 5.41) is 2.76. The van der Waals surface area contributed by atoms with Gasteiger partial charge in [0, 0.05) is 31.3 Å². The molecule has 7 heteroatoms. The first-order chi connectivity index (χ1) is 12.6. The summed E-state index contributed by atoms with van der Waals surface area (Å²) < 4.78 is 38.0. The van der Waals surface area contributed by atoms with Crippen molar-refractivity contribution < 1.29 is 22.8 Å². The van der Waals surface area contributed by atoms with Crippen LogP contribution in [0.2, 0.25) is 0 Å². The van der Waals surface area contributed by atoms with Crippen LogP contribution in [0.25, 0.3) is 0 Å². The molecule has 27 heavy (non-hydrogen) atoms. The Labute approximate surface area is 156 Å². The van der Waals surface area contributed by atoms with Crippen LogP contribution >= 0.6 is 0 Å². The number of nitrogens with zero attached hydrogens (tertiary/aromatic N) is 1. The van der Waals surface area contributed by atoms with Crippen molar-refractivity contribution in [3.63, 3.8) is 0 Å². The number of nitrogens with one attached hydrogen (secondary N) is 1. The minimum Gasteiger partial charge on any atom is -0.326 e. The molecule has 0 heterocycles. The number of hydrogen-bond acceptors (Lipinski definition) is 2. The van der Waals surface area contributed by atoms with Crippen LogP contribution in [0.1, 0.15) is 30.0 Å². The van der Waals surface area contributed by atoms with Gasteiger partial charge in [0.15, 0.2) is 0 Å². The third-order valence-corrected chi connectivity index (χ3v) is 4.24. The van der Waals surface area contributed by atoms with E-state index >= 15 is 0 Å². The first-order valence-corrected chi connectivity index (χ1v) is 8.40. The minimum absolute atomic E-state index is 0.0214. The van der Waals surface area contributed by atoms with E-state index in [1.807, 2.05) is 26.0 Å². The summed E-state index contributed by atoms with van der Waals surface area (Å²) in [7, 11) is 0. The lowest BCUT2D eigenvalue weighted by atomic mass is 10.1. The van der Waals surface area contributed by atoms with E-state index in [1.165, 1.54) is 24.0 Å². The van der Waals surface area contributed by atoms with Crippen LogP contribution in [0.3, 0.4) is 0 Å². The van der Waals surface area contributed by atoms with E-state index in [9.17, 15) is 22.8 Å². The monoisotopic (exact) mass is 378 g/mol. The number of halogens is 3.